The van der Waals surface area contributed by atoms with Crippen molar-refractivity contribution in [2.24, 2.45) is 10.9 Å². The largest absolute Gasteiger partial charge is 0.357 e. The molecular formula is C19H30ClIN4O. The summed E-state index contributed by atoms with van der Waals surface area (Å²) in [5, 5.41) is 10.2. The van der Waals surface area contributed by atoms with E-state index in [0.717, 1.165) is 35.9 Å². The van der Waals surface area contributed by atoms with Gasteiger partial charge in [-0.25, -0.2) is 4.99 Å². The predicted octanol–water partition coefficient (Wildman–Crippen LogP) is 3.71. The second-order valence-corrected chi connectivity index (χ2v) is 6.81. The summed E-state index contributed by atoms with van der Waals surface area (Å²) < 4.78 is 0. The summed E-state index contributed by atoms with van der Waals surface area (Å²) in [6.07, 6.45) is 5.68. The Morgan fingerprint density at radius 3 is 2.58 bits per heavy atom. The lowest BCUT2D eigenvalue weighted by molar-refractivity contribution is -0.125. The van der Waals surface area contributed by atoms with E-state index in [0.29, 0.717) is 19.6 Å². The molecule has 0 radical (unpaired) electrons. The fourth-order valence-corrected chi connectivity index (χ4v) is 3.24. The van der Waals surface area contributed by atoms with Crippen LogP contribution >= 0.6 is 35.6 Å². The third-order valence-corrected chi connectivity index (χ3v) is 4.58. The van der Waals surface area contributed by atoms with Gasteiger partial charge in [0.25, 0.3) is 0 Å². The van der Waals surface area contributed by atoms with E-state index in [2.05, 4.69) is 20.9 Å². The van der Waals surface area contributed by atoms with Crippen molar-refractivity contribution in [1.29, 1.82) is 0 Å². The Morgan fingerprint density at radius 1 is 1.15 bits per heavy atom. The predicted molar refractivity (Wildman–Crippen MR) is 119 cm³/mol. The maximum absolute atomic E-state index is 12.1. The van der Waals surface area contributed by atoms with Crippen molar-refractivity contribution in [3.8, 4) is 0 Å². The molecule has 0 spiro atoms. The van der Waals surface area contributed by atoms with Crippen molar-refractivity contribution in [3.63, 3.8) is 0 Å². The fraction of sp³-hybridized carbons (Fsp3) is 0.579. The van der Waals surface area contributed by atoms with Gasteiger partial charge in [-0.1, -0.05) is 43.0 Å². The minimum absolute atomic E-state index is 0. The molecule has 0 aliphatic heterocycles. The molecule has 1 aliphatic carbocycles. The molecule has 1 aromatic carbocycles. The van der Waals surface area contributed by atoms with Crippen LogP contribution in [0.2, 0.25) is 5.02 Å². The normalized spacial score (nSPS) is 15.1. The van der Waals surface area contributed by atoms with E-state index < -0.39 is 0 Å². The molecule has 1 amide bonds. The van der Waals surface area contributed by atoms with Gasteiger partial charge in [0, 0.05) is 30.6 Å². The molecule has 3 N–H and O–H groups in total. The average molecular weight is 493 g/mol. The minimum Gasteiger partial charge on any atom is -0.357 e. The lowest BCUT2D eigenvalue weighted by Gasteiger charge is -2.21. The number of nitrogens with one attached hydrogen (secondary N) is 3. The number of carbonyl (C=O) groups excluding carboxylic acids is 1. The van der Waals surface area contributed by atoms with Gasteiger partial charge < -0.3 is 16.0 Å². The Bertz CT molecular complexity index is 576. The quantitative estimate of drug-likeness (QED) is 0.235. The highest BCUT2D eigenvalue weighted by Crippen LogP contribution is 2.23. The van der Waals surface area contributed by atoms with Crippen molar-refractivity contribution in [2.45, 2.75) is 45.6 Å². The molecule has 1 saturated carbocycles. The van der Waals surface area contributed by atoms with Crippen LogP contribution in [0.15, 0.2) is 29.3 Å². The van der Waals surface area contributed by atoms with Crippen LogP contribution in [-0.4, -0.2) is 31.5 Å². The van der Waals surface area contributed by atoms with E-state index in [-0.39, 0.29) is 35.8 Å². The van der Waals surface area contributed by atoms with Crippen molar-refractivity contribution >= 4 is 47.4 Å². The number of halogens is 2. The highest BCUT2D eigenvalue weighted by molar-refractivity contribution is 14.0. The van der Waals surface area contributed by atoms with Crippen molar-refractivity contribution in [2.75, 3.05) is 19.6 Å². The first-order chi connectivity index (χ1) is 12.2. The Hall–Kier alpha value is -1.02. The Labute approximate surface area is 178 Å². The van der Waals surface area contributed by atoms with E-state index >= 15 is 0 Å². The van der Waals surface area contributed by atoms with Crippen LogP contribution in [0.1, 0.15) is 44.6 Å². The number of hydrogen-bond donors (Lipinski definition) is 3. The van der Waals surface area contributed by atoms with Gasteiger partial charge in [-0.15, -0.1) is 24.0 Å². The van der Waals surface area contributed by atoms with E-state index in [4.69, 9.17) is 11.6 Å². The maximum atomic E-state index is 12.1. The molecule has 0 aromatic heterocycles. The Kier molecular flexibility index (Phi) is 11.7. The van der Waals surface area contributed by atoms with Gasteiger partial charge >= 0.3 is 0 Å². The third kappa shape index (κ3) is 8.58. The van der Waals surface area contributed by atoms with Gasteiger partial charge in [0.1, 0.15) is 0 Å². The van der Waals surface area contributed by atoms with Gasteiger partial charge in [-0.2, -0.15) is 0 Å². The van der Waals surface area contributed by atoms with Gasteiger partial charge in [0.15, 0.2) is 5.96 Å². The summed E-state index contributed by atoms with van der Waals surface area (Å²) in [6, 6.07) is 7.70. The summed E-state index contributed by atoms with van der Waals surface area (Å²) in [5.41, 5.74) is 1.07. The Balaban J connectivity index is 0.00000338. The average Bonchev–Trinajstić information content (AvgIpc) is 2.63. The highest BCUT2D eigenvalue weighted by Gasteiger charge is 2.20. The minimum atomic E-state index is 0. The molecule has 1 aromatic rings. The first kappa shape index (κ1) is 23.0. The molecule has 5 nitrogen and oxygen atoms in total. The first-order valence-corrected chi connectivity index (χ1v) is 9.61. The SMILES string of the molecule is CCNC(=NCc1cccc(Cl)c1)NCCNC(=O)C1CCCCC1.I. The van der Waals surface area contributed by atoms with Crippen LogP contribution in [-0.2, 0) is 11.3 Å². The number of rotatable bonds is 7. The number of guanidine groups is 1. The molecule has 0 unspecified atom stereocenters. The van der Waals surface area contributed by atoms with E-state index in [1.165, 1.54) is 19.3 Å². The molecule has 26 heavy (non-hydrogen) atoms. The first-order valence-electron chi connectivity index (χ1n) is 9.23. The smallest absolute Gasteiger partial charge is 0.223 e. The zero-order chi connectivity index (χ0) is 17.9. The van der Waals surface area contributed by atoms with Crippen LogP contribution in [0.5, 0.6) is 0 Å². The zero-order valence-electron chi connectivity index (χ0n) is 15.4. The Morgan fingerprint density at radius 2 is 1.88 bits per heavy atom. The lowest BCUT2D eigenvalue weighted by atomic mass is 9.89. The van der Waals surface area contributed by atoms with Gasteiger partial charge in [-0.3, -0.25) is 4.79 Å². The monoisotopic (exact) mass is 492 g/mol. The van der Waals surface area contributed by atoms with Gasteiger partial charge in [-0.05, 0) is 37.5 Å². The summed E-state index contributed by atoms with van der Waals surface area (Å²) in [4.78, 5) is 16.7. The van der Waals surface area contributed by atoms with Gasteiger partial charge in [0.05, 0.1) is 6.54 Å². The number of nitrogens with zero attached hydrogens (tertiary/aromatic N) is 1. The fourth-order valence-electron chi connectivity index (χ4n) is 3.02. The van der Waals surface area contributed by atoms with Gasteiger partial charge in [0.2, 0.25) is 5.91 Å². The van der Waals surface area contributed by atoms with Crippen molar-refractivity contribution in [1.82, 2.24) is 16.0 Å². The summed E-state index contributed by atoms with van der Waals surface area (Å²) in [7, 11) is 0. The van der Waals surface area contributed by atoms with E-state index in [1.54, 1.807) is 0 Å². The van der Waals surface area contributed by atoms with Crippen LogP contribution in [0.4, 0.5) is 0 Å². The van der Waals surface area contributed by atoms with Crippen LogP contribution < -0.4 is 16.0 Å². The number of carbonyl (C=O) groups is 1. The third-order valence-electron chi connectivity index (χ3n) is 4.35. The molecule has 0 heterocycles. The molecule has 146 valence electrons. The molecule has 7 heteroatoms. The van der Waals surface area contributed by atoms with Crippen molar-refractivity contribution in [3.05, 3.63) is 34.9 Å². The summed E-state index contributed by atoms with van der Waals surface area (Å²) in [5.74, 6) is 1.15. The zero-order valence-corrected chi connectivity index (χ0v) is 18.5. The van der Waals surface area contributed by atoms with Crippen LogP contribution in [0.3, 0.4) is 0 Å². The second kappa shape index (κ2) is 13.2. The highest BCUT2D eigenvalue weighted by atomic mass is 127. The number of amides is 1. The summed E-state index contributed by atoms with van der Waals surface area (Å²) >= 11 is 6.00. The molecular weight excluding hydrogens is 463 g/mol. The summed E-state index contributed by atoms with van der Waals surface area (Å²) in [6.45, 7) is 4.64. The molecule has 2 rings (SSSR count). The standard InChI is InChI=1S/C19H29ClN4O.HI/c1-2-21-19(24-14-15-7-6-10-17(20)13-15)23-12-11-22-18(25)16-8-4-3-5-9-16;/h6-7,10,13,16H,2-5,8-9,11-12,14H2,1H3,(H,22,25)(H2,21,23,24);1H. The van der Waals surface area contributed by atoms with Crippen LogP contribution in [0, 0.1) is 5.92 Å². The van der Waals surface area contributed by atoms with Crippen LogP contribution in [0.25, 0.3) is 0 Å². The number of hydrogen-bond acceptors (Lipinski definition) is 2. The number of benzene rings is 1. The molecule has 0 bridgehead atoms. The van der Waals surface area contributed by atoms with E-state index in [9.17, 15) is 4.79 Å². The molecule has 0 saturated heterocycles. The molecule has 1 fully saturated rings. The second-order valence-electron chi connectivity index (χ2n) is 6.38. The van der Waals surface area contributed by atoms with E-state index in [1.807, 2.05) is 31.2 Å². The maximum Gasteiger partial charge on any atom is 0.223 e. The number of aliphatic imine (C=N–C) groups is 1. The topological polar surface area (TPSA) is 65.5 Å². The lowest BCUT2D eigenvalue weighted by Crippen LogP contribution is -2.42. The molecule has 1 aliphatic rings. The van der Waals surface area contributed by atoms with Crippen molar-refractivity contribution < 1.29 is 4.79 Å². The molecule has 0 atom stereocenters.